The lowest BCUT2D eigenvalue weighted by atomic mass is 10.0. The van der Waals surface area contributed by atoms with E-state index in [0.717, 1.165) is 22.4 Å². The second kappa shape index (κ2) is 13.0. The van der Waals surface area contributed by atoms with Crippen molar-refractivity contribution < 1.29 is 19.1 Å². The molecule has 3 amide bonds. The monoisotopic (exact) mass is 500 g/mol. The molecule has 8 heteroatoms. The Hall–Kier alpha value is -4.46. The minimum absolute atomic E-state index is 0.162. The molecule has 0 saturated carbocycles. The lowest BCUT2D eigenvalue weighted by Gasteiger charge is -2.10. The van der Waals surface area contributed by atoms with E-state index in [1.165, 1.54) is 11.8 Å². The van der Waals surface area contributed by atoms with Gasteiger partial charge in [-0.1, -0.05) is 62.4 Å². The van der Waals surface area contributed by atoms with Crippen LogP contribution in [0.5, 0.6) is 5.75 Å². The van der Waals surface area contributed by atoms with Crippen molar-refractivity contribution in [3.05, 3.63) is 94.5 Å². The topological polar surface area (TPSA) is 109 Å². The van der Waals surface area contributed by atoms with Gasteiger partial charge >= 0.3 is 11.8 Å². The van der Waals surface area contributed by atoms with E-state index < -0.39 is 11.8 Å². The first-order valence-corrected chi connectivity index (χ1v) is 12.0. The number of amides is 3. The zero-order chi connectivity index (χ0) is 26.8. The second-order valence-corrected chi connectivity index (χ2v) is 9.01. The fourth-order valence-electron chi connectivity index (χ4n) is 3.39. The maximum absolute atomic E-state index is 12.3. The predicted octanol–water partition coefficient (Wildman–Crippen LogP) is 4.21. The smallest absolute Gasteiger partial charge is 0.329 e. The third kappa shape index (κ3) is 8.61. The molecule has 0 aromatic heterocycles. The molecule has 3 aromatic carbocycles. The van der Waals surface area contributed by atoms with Crippen LogP contribution < -0.4 is 20.8 Å². The molecular formula is C29H32N4O4. The highest BCUT2D eigenvalue weighted by atomic mass is 16.5. The van der Waals surface area contributed by atoms with Crippen LogP contribution in [0.1, 0.15) is 47.6 Å². The van der Waals surface area contributed by atoms with Gasteiger partial charge in [0.2, 0.25) is 0 Å². The number of nitrogens with zero attached hydrogens (tertiary/aromatic N) is 1. The van der Waals surface area contributed by atoms with Crippen LogP contribution in [-0.4, -0.2) is 30.5 Å². The van der Waals surface area contributed by atoms with Crippen molar-refractivity contribution in [3.63, 3.8) is 0 Å². The van der Waals surface area contributed by atoms with Crippen molar-refractivity contribution in [2.75, 3.05) is 11.9 Å². The largest absolute Gasteiger partial charge is 0.484 e. The van der Waals surface area contributed by atoms with E-state index in [4.69, 9.17) is 4.74 Å². The molecule has 3 aromatic rings. The normalized spacial score (nSPS) is 10.8. The summed E-state index contributed by atoms with van der Waals surface area (Å²) >= 11 is 0. The van der Waals surface area contributed by atoms with Crippen LogP contribution in [0.3, 0.4) is 0 Å². The van der Waals surface area contributed by atoms with Crippen LogP contribution in [0.4, 0.5) is 5.69 Å². The number of anilines is 1. The minimum atomic E-state index is -0.870. The SMILES string of the molecule is Cc1ccc(C)c(NC(=O)COc2cccc(/C=N\NC(=O)C(=O)NCc3ccc(C(C)C)cc3)c2)c1. The number of aryl methyl sites for hydroxylation is 2. The summed E-state index contributed by atoms with van der Waals surface area (Å²) in [5.41, 5.74) is 7.70. The highest BCUT2D eigenvalue weighted by Crippen LogP contribution is 2.17. The number of hydrogen-bond acceptors (Lipinski definition) is 5. The molecule has 37 heavy (non-hydrogen) atoms. The molecule has 0 fully saturated rings. The standard InChI is InChI=1S/C29H32N4O4/c1-19(2)24-12-10-22(11-13-24)16-30-28(35)29(36)33-31-17-23-6-5-7-25(15-23)37-18-27(34)32-26-14-20(3)8-9-21(26)4/h5-15,17,19H,16,18H2,1-4H3,(H,30,35)(H,32,34)(H,33,36)/b31-17-. The molecule has 0 bridgehead atoms. The summed E-state index contributed by atoms with van der Waals surface area (Å²) in [4.78, 5) is 36.4. The summed E-state index contributed by atoms with van der Waals surface area (Å²) < 4.78 is 5.59. The quantitative estimate of drug-likeness (QED) is 0.232. The van der Waals surface area contributed by atoms with Gasteiger partial charge in [0.05, 0.1) is 6.21 Å². The van der Waals surface area contributed by atoms with E-state index in [1.807, 2.05) is 56.3 Å². The van der Waals surface area contributed by atoms with Crippen LogP contribution in [0.25, 0.3) is 0 Å². The number of ether oxygens (including phenoxy) is 1. The summed E-state index contributed by atoms with van der Waals surface area (Å²) in [5, 5.41) is 9.26. The molecule has 0 saturated heterocycles. The van der Waals surface area contributed by atoms with Gasteiger partial charge in [-0.05, 0) is 65.8 Å². The zero-order valence-electron chi connectivity index (χ0n) is 21.5. The highest BCUT2D eigenvalue weighted by molar-refractivity contribution is 6.35. The van der Waals surface area contributed by atoms with E-state index in [2.05, 4.69) is 35.0 Å². The fraction of sp³-hybridized carbons (Fsp3) is 0.241. The molecule has 0 atom stereocenters. The number of carbonyl (C=O) groups excluding carboxylic acids is 3. The van der Waals surface area contributed by atoms with Gasteiger partial charge in [-0.2, -0.15) is 5.10 Å². The van der Waals surface area contributed by atoms with Gasteiger partial charge in [0.25, 0.3) is 5.91 Å². The summed E-state index contributed by atoms with van der Waals surface area (Å²) in [6.45, 7) is 8.18. The zero-order valence-corrected chi connectivity index (χ0v) is 21.5. The first-order valence-electron chi connectivity index (χ1n) is 12.0. The molecule has 0 aliphatic heterocycles. The number of hydrazone groups is 1. The Morgan fingerprint density at radius 3 is 2.43 bits per heavy atom. The first kappa shape index (κ1) is 27.1. The van der Waals surface area contributed by atoms with Gasteiger partial charge in [-0.3, -0.25) is 14.4 Å². The van der Waals surface area contributed by atoms with Crippen molar-refractivity contribution in [3.8, 4) is 5.75 Å². The number of rotatable bonds is 9. The maximum atomic E-state index is 12.3. The summed E-state index contributed by atoms with van der Waals surface area (Å²) in [6.07, 6.45) is 1.39. The molecule has 8 nitrogen and oxygen atoms in total. The Balaban J connectivity index is 1.44. The van der Waals surface area contributed by atoms with E-state index in [1.54, 1.807) is 24.3 Å². The Morgan fingerprint density at radius 1 is 0.946 bits per heavy atom. The van der Waals surface area contributed by atoms with Gasteiger partial charge in [0, 0.05) is 12.2 Å². The third-order valence-electron chi connectivity index (χ3n) is 5.58. The molecule has 3 rings (SSSR count). The van der Waals surface area contributed by atoms with Crippen LogP contribution in [0, 0.1) is 13.8 Å². The lowest BCUT2D eigenvalue weighted by molar-refractivity contribution is -0.139. The molecule has 0 heterocycles. The molecular weight excluding hydrogens is 468 g/mol. The molecule has 0 aliphatic carbocycles. The van der Waals surface area contributed by atoms with E-state index >= 15 is 0 Å². The Bertz CT molecular complexity index is 1280. The number of benzene rings is 3. The van der Waals surface area contributed by atoms with Crippen LogP contribution in [-0.2, 0) is 20.9 Å². The molecule has 0 radical (unpaired) electrons. The van der Waals surface area contributed by atoms with Crippen LogP contribution in [0.2, 0.25) is 0 Å². The van der Waals surface area contributed by atoms with E-state index in [-0.39, 0.29) is 19.1 Å². The van der Waals surface area contributed by atoms with Crippen molar-refractivity contribution >= 4 is 29.6 Å². The van der Waals surface area contributed by atoms with Gasteiger partial charge in [-0.15, -0.1) is 0 Å². The first-order chi connectivity index (χ1) is 17.7. The van der Waals surface area contributed by atoms with Gasteiger partial charge in [0.15, 0.2) is 6.61 Å². The van der Waals surface area contributed by atoms with Gasteiger partial charge in [-0.25, -0.2) is 5.43 Å². The highest BCUT2D eigenvalue weighted by Gasteiger charge is 2.12. The number of carbonyl (C=O) groups is 3. The van der Waals surface area contributed by atoms with E-state index in [0.29, 0.717) is 17.2 Å². The van der Waals surface area contributed by atoms with Crippen molar-refractivity contribution in [1.82, 2.24) is 10.7 Å². The van der Waals surface area contributed by atoms with Gasteiger partial charge in [0.1, 0.15) is 5.75 Å². The summed E-state index contributed by atoms with van der Waals surface area (Å²) in [7, 11) is 0. The fourth-order valence-corrected chi connectivity index (χ4v) is 3.39. The lowest BCUT2D eigenvalue weighted by Crippen LogP contribution is -2.37. The van der Waals surface area contributed by atoms with Gasteiger partial charge < -0.3 is 15.4 Å². The maximum Gasteiger partial charge on any atom is 0.329 e. The number of nitrogens with one attached hydrogen (secondary N) is 3. The average Bonchev–Trinajstić information content (AvgIpc) is 2.88. The second-order valence-electron chi connectivity index (χ2n) is 9.01. The Kier molecular flexibility index (Phi) is 9.55. The van der Waals surface area contributed by atoms with Crippen molar-refractivity contribution in [2.45, 2.75) is 40.2 Å². The Morgan fingerprint density at radius 2 is 1.70 bits per heavy atom. The van der Waals surface area contributed by atoms with Crippen LogP contribution in [0.15, 0.2) is 71.8 Å². The summed E-state index contributed by atoms with van der Waals surface area (Å²) in [6, 6.07) is 20.6. The Labute approximate surface area is 217 Å². The van der Waals surface area contributed by atoms with Crippen molar-refractivity contribution in [1.29, 1.82) is 0 Å². The molecule has 192 valence electrons. The van der Waals surface area contributed by atoms with E-state index in [9.17, 15) is 14.4 Å². The van der Waals surface area contributed by atoms with Crippen LogP contribution >= 0.6 is 0 Å². The molecule has 0 aliphatic rings. The third-order valence-corrected chi connectivity index (χ3v) is 5.58. The molecule has 3 N–H and O–H groups in total. The minimum Gasteiger partial charge on any atom is -0.484 e. The predicted molar refractivity (Wildman–Crippen MR) is 145 cm³/mol. The van der Waals surface area contributed by atoms with Crippen molar-refractivity contribution in [2.24, 2.45) is 5.10 Å². The number of hydrogen-bond donors (Lipinski definition) is 3. The summed E-state index contributed by atoms with van der Waals surface area (Å²) in [5.74, 6) is -1.04. The molecule has 0 unspecified atom stereocenters. The average molecular weight is 501 g/mol. The molecule has 0 spiro atoms.